The van der Waals surface area contributed by atoms with Crippen LogP contribution in [0.25, 0.3) is 0 Å². The lowest BCUT2D eigenvalue weighted by Gasteiger charge is -2.30. The first-order valence-electron chi connectivity index (χ1n) is 5.15. The van der Waals surface area contributed by atoms with Crippen molar-refractivity contribution in [2.45, 2.75) is 31.5 Å². The summed E-state index contributed by atoms with van der Waals surface area (Å²) in [6.45, 7) is 0.530. The highest BCUT2D eigenvalue weighted by atomic mass is 16.5. The number of pyridine rings is 1. The molecular weight excluding hydrogens is 176 g/mol. The molecule has 1 aliphatic carbocycles. The number of aromatic nitrogens is 1. The van der Waals surface area contributed by atoms with Gasteiger partial charge in [0.2, 0.25) is 0 Å². The molecule has 1 saturated carbocycles. The van der Waals surface area contributed by atoms with E-state index in [4.69, 9.17) is 10.5 Å². The van der Waals surface area contributed by atoms with E-state index in [2.05, 4.69) is 4.98 Å². The van der Waals surface area contributed by atoms with Crippen LogP contribution in [0.4, 0.5) is 0 Å². The van der Waals surface area contributed by atoms with Gasteiger partial charge in [0, 0.05) is 24.5 Å². The molecular formula is C11H16N2O. The predicted molar refractivity (Wildman–Crippen MR) is 54.8 cm³/mol. The van der Waals surface area contributed by atoms with Crippen LogP contribution in [0.3, 0.4) is 0 Å². The van der Waals surface area contributed by atoms with Gasteiger partial charge in [-0.2, -0.15) is 0 Å². The van der Waals surface area contributed by atoms with E-state index in [0.717, 1.165) is 5.56 Å². The van der Waals surface area contributed by atoms with Crippen molar-refractivity contribution < 1.29 is 4.74 Å². The molecule has 0 aliphatic heterocycles. The Morgan fingerprint density at radius 1 is 1.57 bits per heavy atom. The molecule has 1 aliphatic rings. The minimum absolute atomic E-state index is 0.0222. The standard InChI is InChI=1S/C11H16N2O/c12-7-11(14-10-4-1-5-10)9-3-2-6-13-8-9/h2-3,6,8,10-11H,1,4-5,7,12H2. The smallest absolute Gasteiger partial charge is 0.0965 e. The Balaban J connectivity index is 1.98. The third-order valence-corrected chi connectivity index (χ3v) is 2.68. The van der Waals surface area contributed by atoms with E-state index in [1.54, 1.807) is 6.20 Å². The maximum atomic E-state index is 5.86. The summed E-state index contributed by atoms with van der Waals surface area (Å²) in [5.74, 6) is 0. The molecule has 3 heteroatoms. The summed E-state index contributed by atoms with van der Waals surface area (Å²) >= 11 is 0. The van der Waals surface area contributed by atoms with Gasteiger partial charge in [0.05, 0.1) is 12.2 Å². The first-order chi connectivity index (χ1) is 6.90. The molecule has 1 aromatic heterocycles. The fraction of sp³-hybridized carbons (Fsp3) is 0.545. The normalized spacial score (nSPS) is 18.9. The van der Waals surface area contributed by atoms with Gasteiger partial charge in [-0.05, 0) is 25.3 Å². The molecule has 0 amide bonds. The molecule has 2 N–H and O–H groups in total. The fourth-order valence-electron chi connectivity index (χ4n) is 1.58. The first kappa shape index (κ1) is 9.62. The van der Waals surface area contributed by atoms with Gasteiger partial charge in [0.1, 0.15) is 0 Å². The van der Waals surface area contributed by atoms with Gasteiger partial charge in [-0.1, -0.05) is 6.07 Å². The highest BCUT2D eigenvalue weighted by Gasteiger charge is 2.22. The fourth-order valence-corrected chi connectivity index (χ4v) is 1.58. The summed E-state index contributed by atoms with van der Waals surface area (Å²) in [7, 11) is 0. The summed E-state index contributed by atoms with van der Waals surface area (Å²) in [6.07, 6.45) is 7.68. The van der Waals surface area contributed by atoms with Crippen LogP contribution in [0.2, 0.25) is 0 Å². The van der Waals surface area contributed by atoms with E-state index in [-0.39, 0.29) is 6.10 Å². The van der Waals surface area contributed by atoms with Crippen LogP contribution in [-0.4, -0.2) is 17.6 Å². The van der Waals surface area contributed by atoms with Crippen LogP contribution >= 0.6 is 0 Å². The Hall–Kier alpha value is -0.930. The highest BCUT2D eigenvalue weighted by Crippen LogP contribution is 2.27. The van der Waals surface area contributed by atoms with Crippen LogP contribution in [0.15, 0.2) is 24.5 Å². The van der Waals surface area contributed by atoms with Crippen molar-refractivity contribution in [3.05, 3.63) is 30.1 Å². The second kappa shape index (κ2) is 4.53. The highest BCUT2D eigenvalue weighted by molar-refractivity contribution is 5.12. The maximum absolute atomic E-state index is 5.86. The van der Waals surface area contributed by atoms with Crippen LogP contribution in [0.1, 0.15) is 30.9 Å². The molecule has 0 aromatic carbocycles. The average molecular weight is 192 g/mol. The van der Waals surface area contributed by atoms with Gasteiger partial charge in [-0.3, -0.25) is 4.98 Å². The van der Waals surface area contributed by atoms with Crippen molar-refractivity contribution >= 4 is 0 Å². The van der Waals surface area contributed by atoms with E-state index in [9.17, 15) is 0 Å². The molecule has 2 rings (SSSR count). The third kappa shape index (κ3) is 2.11. The predicted octanol–water partition coefficient (Wildman–Crippen LogP) is 1.65. The Morgan fingerprint density at radius 2 is 2.43 bits per heavy atom. The lowest BCUT2D eigenvalue weighted by Crippen LogP contribution is -2.27. The average Bonchev–Trinajstić information content (AvgIpc) is 2.18. The third-order valence-electron chi connectivity index (χ3n) is 2.68. The summed E-state index contributed by atoms with van der Waals surface area (Å²) in [6, 6.07) is 3.94. The Morgan fingerprint density at radius 3 is 2.93 bits per heavy atom. The molecule has 0 radical (unpaired) electrons. The molecule has 1 fully saturated rings. The monoisotopic (exact) mass is 192 g/mol. The number of nitrogens with two attached hydrogens (primary N) is 1. The van der Waals surface area contributed by atoms with E-state index in [1.165, 1.54) is 19.3 Å². The maximum Gasteiger partial charge on any atom is 0.0965 e. The summed E-state index contributed by atoms with van der Waals surface area (Å²) < 4.78 is 5.86. The number of rotatable bonds is 4. The van der Waals surface area contributed by atoms with Crippen molar-refractivity contribution in [1.29, 1.82) is 0 Å². The molecule has 1 unspecified atom stereocenters. The summed E-state index contributed by atoms with van der Waals surface area (Å²) in [5.41, 5.74) is 6.76. The van der Waals surface area contributed by atoms with Crippen LogP contribution in [-0.2, 0) is 4.74 Å². The molecule has 0 bridgehead atoms. The van der Waals surface area contributed by atoms with Gasteiger partial charge in [0.25, 0.3) is 0 Å². The molecule has 14 heavy (non-hydrogen) atoms. The number of hydrogen-bond donors (Lipinski definition) is 1. The molecule has 1 atom stereocenters. The van der Waals surface area contributed by atoms with Crippen molar-refractivity contribution in [3.8, 4) is 0 Å². The second-order valence-corrected chi connectivity index (χ2v) is 3.70. The SMILES string of the molecule is NCC(OC1CCC1)c1cccnc1. The summed E-state index contributed by atoms with van der Waals surface area (Å²) in [5, 5.41) is 0. The lowest BCUT2D eigenvalue weighted by atomic mass is 9.95. The van der Waals surface area contributed by atoms with Crippen molar-refractivity contribution in [3.63, 3.8) is 0 Å². The van der Waals surface area contributed by atoms with Gasteiger partial charge in [-0.15, -0.1) is 0 Å². The van der Waals surface area contributed by atoms with Crippen molar-refractivity contribution in [1.82, 2.24) is 4.98 Å². The number of nitrogens with zero attached hydrogens (tertiary/aromatic N) is 1. The Bertz CT molecular complexity index is 272. The zero-order chi connectivity index (χ0) is 9.80. The summed E-state index contributed by atoms with van der Waals surface area (Å²) in [4.78, 5) is 4.07. The number of hydrogen-bond acceptors (Lipinski definition) is 3. The van der Waals surface area contributed by atoms with Gasteiger partial charge < -0.3 is 10.5 Å². The van der Waals surface area contributed by atoms with E-state index in [0.29, 0.717) is 12.6 Å². The van der Waals surface area contributed by atoms with Gasteiger partial charge >= 0.3 is 0 Å². The first-order valence-corrected chi connectivity index (χ1v) is 5.15. The van der Waals surface area contributed by atoms with Crippen molar-refractivity contribution in [2.75, 3.05) is 6.54 Å². The van der Waals surface area contributed by atoms with Gasteiger partial charge in [0.15, 0.2) is 0 Å². The molecule has 1 heterocycles. The van der Waals surface area contributed by atoms with Crippen molar-refractivity contribution in [2.24, 2.45) is 5.73 Å². The molecule has 0 spiro atoms. The largest absolute Gasteiger partial charge is 0.369 e. The molecule has 1 aromatic rings. The minimum atomic E-state index is 0.0222. The van der Waals surface area contributed by atoms with Crippen LogP contribution in [0.5, 0.6) is 0 Å². The second-order valence-electron chi connectivity index (χ2n) is 3.70. The van der Waals surface area contributed by atoms with Gasteiger partial charge in [-0.25, -0.2) is 0 Å². The molecule has 76 valence electrons. The van der Waals surface area contributed by atoms with Crippen LogP contribution < -0.4 is 5.73 Å². The molecule has 0 saturated heterocycles. The van der Waals surface area contributed by atoms with E-state index >= 15 is 0 Å². The quantitative estimate of drug-likeness (QED) is 0.789. The topological polar surface area (TPSA) is 48.1 Å². The van der Waals surface area contributed by atoms with E-state index in [1.807, 2.05) is 18.3 Å². The van der Waals surface area contributed by atoms with Crippen LogP contribution in [0, 0.1) is 0 Å². The number of ether oxygens (including phenoxy) is 1. The lowest BCUT2D eigenvalue weighted by molar-refractivity contribution is -0.0488. The Kier molecular flexibility index (Phi) is 3.11. The Labute approximate surface area is 84.3 Å². The zero-order valence-corrected chi connectivity index (χ0v) is 8.23. The molecule has 3 nitrogen and oxygen atoms in total. The minimum Gasteiger partial charge on any atom is -0.369 e. The zero-order valence-electron chi connectivity index (χ0n) is 8.23. The van der Waals surface area contributed by atoms with E-state index < -0.39 is 0 Å².